The Morgan fingerprint density at radius 3 is 2.93 bits per heavy atom. The van der Waals surface area contributed by atoms with Crippen LogP contribution in [0.25, 0.3) is 0 Å². The Hall–Kier alpha value is -0.930. The van der Waals surface area contributed by atoms with E-state index >= 15 is 0 Å². The minimum Gasteiger partial charge on any atom is -0.328 e. The fourth-order valence-electron chi connectivity index (χ4n) is 2.11. The highest BCUT2D eigenvalue weighted by molar-refractivity contribution is 5.17. The molecular weight excluding hydrogens is 174 g/mol. The van der Waals surface area contributed by atoms with Crippen molar-refractivity contribution in [3.05, 3.63) is 30.1 Å². The topological polar surface area (TPSA) is 50.9 Å². The van der Waals surface area contributed by atoms with Crippen LogP contribution in [0.2, 0.25) is 0 Å². The highest BCUT2D eigenvalue weighted by atomic mass is 15.0. The van der Waals surface area contributed by atoms with E-state index in [2.05, 4.69) is 16.4 Å². The fraction of sp³-hybridized carbons (Fsp3) is 0.545. The van der Waals surface area contributed by atoms with Gasteiger partial charge in [-0.05, 0) is 37.9 Å². The van der Waals surface area contributed by atoms with E-state index in [1.54, 1.807) is 0 Å². The summed E-state index contributed by atoms with van der Waals surface area (Å²) in [6, 6.07) is 6.03. The van der Waals surface area contributed by atoms with E-state index in [-0.39, 0.29) is 5.54 Å². The molecule has 1 aromatic heterocycles. The lowest BCUT2D eigenvalue weighted by Gasteiger charge is -2.36. The first kappa shape index (κ1) is 9.62. The lowest BCUT2D eigenvalue weighted by molar-refractivity contribution is 0.259. The van der Waals surface area contributed by atoms with Crippen LogP contribution in [0.5, 0.6) is 0 Å². The van der Waals surface area contributed by atoms with Crippen LogP contribution >= 0.6 is 0 Å². The van der Waals surface area contributed by atoms with Crippen molar-refractivity contribution >= 4 is 0 Å². The minimum atomic E-state index is -0.0699. The zero-order valence-electron chi connectivity index (χ0n) is 8.37. The molecule has 14 heavy (non-hydrogen) atoms. The second-order valence-corrected chi connectivity index (χ2v) is 3.89. The molecule has 1 atom stereocenters. The predicted molar refractivity (Wildman–Crippen MR) is 56.8 cm³/mol. The van der Waals surface area contributed by atoms with E-state index in [0.717, 1.165) is 18.7 Å². The smallest absolute Gasteiger partial charge is 0.0732 e. The molecule has 3 heteroatoms. The van der Waals surface area contributed by atoms with Crippen molar-refractivity contribution < 1.29 is 0 Å². The Labute approximate surface area is 84.7 Å². The molecule has 1 aliphatic rings. The van der Waals surface area contributed by atoms with E-state index < -0.39 is 0 Å². The van der Waals surface area contributed by atoms with Crippen LogP contribution in [0.1, 0.15) is 25.0 Å². The highest BCUT2D eigenvalue weighted by Crippen LogP contribution is 2.27. The van der Waals surface area contributed by atoms with E-state index in [0.29, 0.717) is 6.54 Å². The minimum absolute atomic E-state index is 0.0699. The third-order valence-electron chi connectivity index (χ3n) is 3.00. The van der Waals surface area contributed by atoms with E-state index in [1.165, 1.54) is 12.8 Å². The molecule has 1 aromatic rings. The van der Waals surface area contributed by atoms with Gasteiger partial charge in [0.05, 0.1) is 11.2 Å². The molecule has 0 spiro atoms. The molecule has 1 aliphatic heterocycles. The third-order valence-corrected chi connectivity index (χ3v) is 3.00. The zero-order valence-corrected chi connectivity index (χ0v) is 8.37. The van der Waals surface area contributed by atoms with Gasteiger partial charge in [0.1, 0.15) is 0 Å². The molecule has 0 bridgehead atoms. The summed E-state index contributed by atoms with van der Waals surface area (Å²) in [4.78, 5) is 4.40. The summed E-state index contributed by atoms with van der Waals surface area (Å²) in [5.41, 5.74) is 6.88. The van der Waals surface area contributed by atoms with Gasteiger partial charge in [-0.3, -0.25) is 4.98 Å². The van der Waals surface area contributed by atoms with Crippen molar-refractivity contribution in [2.45, 2.75) is 24.8 Å². The maximum absolute atomic E-state index is 5.87. The van der Waals surface area contributed by atoms with Gasteiger partial charge in [-0.25, -0.2) is 0 Å². The van der Waals surface area contributed by atoms with Crippen LogP contribution < -0.4 is 11.1 Å². The van der Waals surface area contributed by atoms with Crippen molar-refractivity contribution in [1.82, 2.24) is 10.3 Å². The highest BCUT2D eigenvalue weighted by Gasteiger charge is 2.32. The number of aromatic nitrogens is 1. The molecule has 76 valence electrons. The standard InChI is InChI=1S/C11H17N3/c12-9-11(6-2-4-8-14-11)10-5-1-3-7-13-10/h1,3,5,7,14H,2,4,6,8-9,12H2. The van der Waals surface area contributed by atoms with Gasteiger partial charge in [-0.15, -0.1) is 0 Å². The number of nitrogens with zero attached hydrogens (tertiary/aromatic N) is 1. The van der Waals surface area contributed by atoms with Gasteiger partial charge in [0, 0.05) is 12.7 Å². The third kappa shape index (κ3) is 1.65. The SMILES string of the molecule is NCC1(c2ccccn2)CCCCN1. The molecule has 0 saturated carbocycles. The average molecular weight is 191 g/mol. The predicted octanol–water partition coefficient (Wildman–Crippen LogP) is 1.01. The number of rotatable bonds is 2. The molecule has 1 fully saturated rings. The fourth-order valence-corrected chi connectivity index (χ4v) is 2.11. The monoisotopic (exact) mass is 191 g/mol. The van der Waals surface area contributed by atoms with Crippen molar-refractivity contribution in [3.63, 3.8) is 0 Å². The van der Waals surface area contributed by atoms with Crippen molar-refractivity contribution in [2.75, 3.05) is 13.1 Å². The van der Waals surface area contributed by atoms with Crippen molar-refractivity contribution in [1.29, 1.82) is 0 Å². The second kappa shape index (κ2) is 4.07. The van der Waals surface area contributed by atoms with E-state index in [1.807, 2.05) is 18.3 Å². The summed E-state index contributed by atoms with van der Waals surface area (Å²) in [7, 11) is 0. The van der Waals surface area contributed by atoms with Crippen LogP contribution in [-0.4, -0.2) is 18.1 Å². The molecule has 2 heterocycles. The summed E-state index contributed by atoms with van der Waals surface area (Å²) in [5, 5.41) is 3.51. The molecule has 3 N–H and O–H groups in total. The first-order valence-corrected chi connectivity index (χ1v) is 5.24. The summed E-state index contributed by atoms with van der Waals surface area (Å²) in [6.45, 7) is 1.68. The zero-order chi connectivity index (χ0) is 9.86. The molecular formula is C11H17N3. The van der Waals surface area contributed by atoms with Gasteiger partial charge in [-0.1, -0.05) is 6.07 Å². The van der Waals surface area contributed by atoms with Gasteiger partial charge in [-0.2, -0.15) is 0 Å². The molecule has 1 saturated heterocycles. The van der Waals surface area contributed by atoms with Crippen LogP contribution in [0.3, 0.4) is 0 Å². The van der Waals surface area contributed by atoms with Crippen molar-refractivity contribution in [3.8, 4) is 0 Å². The molecule has 2 rings (SSSR count). The lowest BCUT2D eigenvalue weighted by Crippen LogP contribution is -2.51. The summed E-state index contributed by atoms with van der Waals surface area (Å²) < 4.78 is 0. The molecule has 3 nitrogen and oxygen atoms in total. The number of piperidine rings is 1. The number of nitrogens with one attached hydrogen (secondary N) is 1. The quantitative estimate of drug-likeness (QED) is 0.733. The molecule has 1 unspecified atom stereocenters. The number of nitrogens with two attached hydrogens (primary N) is 1. The number of pyridine rings is 1. The first-order valence-electron chi connectivity index (χ1n) is 5.24. The van der Waals surface area contributed by atoms with Crippen molar-refractivity contribution in [2.24, 2.45) is 5.73 Å². The Bertz CT molecular complexity index is 278. The van der Waals surface area contributed by atoms with Crippen LogP contribution in [0.15, 0.2) is 24.4 Å². The molecule has 0 radical (unpaired) electrons. The van der Waals surface area contributed by atoms with Gasteiger partial charge < -0.3 is 11.1 Å². The van der Waals surface area contributed by atoms with Gasteiger partial charge in [0.2, 0.25) is 0 Å². The average Bonchev–Trinajstić information content (AvgIpc) is 2.31. The summed E-state index contributed by atoms with van der Waals surface area (Å²) >= 11 is 0. The Kier molecular flexibility index (Phi) is 2.79. The van der Waals surface area contributed by atoms with Gasteiger partial charge in [0.25, 0.3) is 0 Å². The largest absolute Gasteiger partial charge is 0.328 e. The van der Waals surface area contributed by atoms with Gasteiger partial charge >= 0.3 is 0 Å². The van der Waals surface area contributed by atoms with Crippen LogP contribution in [0.4, 0.5) is 0 Å². The molecule has 0 amide bonds. The lowest BCUT2D eigenvalue weighted by atomic mass is 9.85. The second-order valence-electron chi connectivity index (χ2n) is 3.89. The van der Waals surface area contributed by atoms with Crippen LogP contribution in [-0.2, 0) is 5.54 Å². The van der Waals surface area contributed by atoms with E-state index in [4.69, 9.17) is 5.73 Å². The maximum atomic E-state index is 5.87. The first-order chi connectivity index (χ1) is 6.87. The number of hydrogen-bond acceptors (Lipinski definition) is 3. The Balaban J connectivity index is 2.27. The molecule has 0 aromatic carbocycles. The normalized spacial score (nSPS) is 27.5. The van der Waals surface area contributed by atoms with Gasteiger partial charge in [0.15, 0.2) is 0 Å². The summed E-state index contributed by atoms with van der Waals surface area (Å²) in [6.07, 6.45) is 5.42. The number of hydrogen-bond donors (Lipinski definition) is 2. The van der Waals surface area contributed by atoms with Crippen LogP contribution in [0, 0.1) is 0 Å². The molecule has 0 aliphatic carbocycles. The Morgan fingerprint density at radius 2 is 2.36 bits per heavy atom. The summed E-state index contributed by atoms with van der Waals surface area (Å²) in [5.74, 6) is 0. The van der Waals surface area contributed by atoms with E-state index in [9.17, 15) is 0 Å². The Morgan fingerprint density at radius 1 is 1.43 bits per heavy atom. The maximum Gasteiger partial charge on any atom is 0.0732 e.